The number of nitriles is 1. The molecule has 0 spiro atoms. The van der Waals surface area contributed by atoms with Gasteiger partial charge in [0.1, 0.15) is 30.4 Å². The maximum Gasteiger partial charge on any atom is 0.307 e. The lowest BCUT2D eigenvalue weighted by atomic mass is 10.0. The Bertz CT molecular complexity index is 1690. The number of nitrogens with zero attached hydrogens (tertiary/aromatic N) is 3. The first kappa shape index (κ1) is 24.0. The number of carboxylic acid groups (broad SMARTS) is 1. The molecule has 4 aromatic rings. The van der Waals surface area contributed by atoms with Gasteiger partial charge >= 0.3 is 5.97 Å². The first-order valence-corrected chi connectivity index (χ1v) is 13.4. The van der Waals surface area contributed by atoms with Gasteiger partial charge in [0.25, 0.3) is 0 Å². The van der Waals surface area contributed by atoms with Gasteiger partial charge in [-0.05, 0) is 66.8 Å². The Labute approximate surface area is 229 Å². The van der Waals surface area contributed by atoms with Gasteiger partial charge in [0.15, 0.2) is 17.1 Å². The van der Waals surface area contributed by atoms with E-state index in [4.69, 9.17) is 30.5 Å². The highest BCUT2D eigenvalue weighted by Crippen LogP contribution is 2.45. The molecule has 0 amide bonds. The Balaban J connectivity index is 1.28. The van der Waals surface area contributed by atoms with Crippen LogP contribution in [0.3, 0.4) is 0 Å². The molecule has 7 rings (SSSR count). The Morgan fingerprint density at radius 2 is 1.92 bits per heavy atom. The van der Waals surface area contributed by atoms with Crippen molar-refractivity contribution in [2.75, 3.05) is 26.3 Å². The number of oxazole rings is 1. The van der Waals surface area contributed by atoms with Crippen molar-refractivity contribution < 1.29 is 23.8 Å². The van der Waals surface area contributed by atoms with Crippen LogP contribution in [-0.2, 0) is 11.2 Å². The third-order valence-electron chi connectivity index (χ3n) is 8.05. The van der Waals surface area contributed by atoms with Crippen molar-refractivity contribution >= 4 is 28.7 Å². The average Bonchev–Trinajstić information content (AvgIpc) is 3.70. The van der Waals surface area contributed by atoms with Crippen molar-refractivity contribution in [3.05, 3.63) is 64.2 Å². The minimum Gasteiger partial charge on any atom is -0.486 e. The number of hydrogen-bond acceptors (Lipinski definition) is 7. The Hall–Kier alpha value is -4.06. The summed E-state index contributed by atoms with van der Waals surface area (Å²) < 4.78 is 17.6. The van der Waals surface area contributed by atoms with Gasteiger partial charge in [0, 0.05) is 18.2 Å². The van der Waals surface area contributed by atoms with Crippen LogP contribution in [0.2, 0.25) is 5.02 Å². The first-order chi connectivity index (χ1) is 19.0. The molecule has 2 aliphatic heterocycles. The summed E-state index contributed by atoms with van der Waals surface area (Å²) >= 11 is 6.92. The molecule has 1 fully saturated rings. The summed E-state index contributed by atoms with van der Waals surface area (Å²) in [7, 11) is 0. The number of likely N-dealkylation sites (tertiary alicyclic amines) is 1. The topological polar surface area (TPSA) is 109 Å². The molecule has 1 aliphatic carbocycles. The second-order valence-corrected chi connectivity index (χ2v) is 10.6. The van der Waals surface area contributed by atoms with Crippen molar-refractivity contribution in [1.82, 2.24) is 9.88 Å². The highest BCUT2D eigenvalue weighted by atomic mass is 35.5. The zero-order valence-corrected chi connectivity index (χ0v) is 21.7. The molecule has 1 saturated heterocycles. The SMILES string of the molecule is N#Cc1c2c(cc3nc(-c4cccc(-c5ccc6c(c5)OCCO6)c4Cl)oc13)C(N1CCC(C(=O)O)C1)CC2. The fourth-order valence-corrected chi connectivity index (χ4v) is 6.46. The third-order valence-corrected chi connectivity index (χ3v) is 8.46. The molecule has 0 saturated carbocycles. The van der Waals surface area contributed by atoms with Crippen molar-refractivity contribution in [3.63, 3.8) is 0 Å². The molecular weight excluding hydrogens is 518 g/mol. The summed E-state index contributed by atoms with van der Waals surface area (Å²) in [6.45, 7) is 2.27. The number of carboxylic acids is 1. The predicted octanol–water partition coefficient (Wildman–Crippen LogP) is 5.85. The lowest BCUT2D eigenvalue weighted by molar-refractivity contribution is -0.141. The molecule has 3 aromatic carbocycles. The maximum absolute atomic E-state index is 11.5. The first-order valence-electron chi connectivity index (χ1n) is 13.0. The minimum absolute atomic E-state index is 0.0723. The summed E-state index contributed by atoms with van der Waals surface area (Å²) in [6.07, 6.45) is 2.23. The number of hydrogen-bond donors (Lipinski definition) is 1. The van der Waals surface area contributed by atoms with Gasteiger partial charge in [-0.3, -0.25) is 9.69 Å². The van der Waals surface area contributed by atoms with Crippen LogP contribution in [0.25, 0.3) is 33.7 Å². The largest absolute Gasteiger partial charge is 0.486 e. The van der Waals surface area contributed by atoms with Gasteiger partial charge in [-0.1, -0.05) is 29.8 Å². The molecule has 2 atom stereocenters. The third kappa shape index (κ3) is 3.92. The van der Waals surface area contributed by atoms with Crippen LogP contribution in [-0.4, -0.2) is 47.3 Å². The molecule has 3 aliphatic rings. The quantitative estimate of drug-likeness (QED) is 0.342. The normalized spacial score (nSPS) is 20.2. The van der Waals surface area contributed by atoms with Crippen molar-refractivity contribution in [2.24, 2.45) is 5.92 Å². The van der Waals surface area contributed by atoms with Gasteiger partial charge < -0.3 is 19.0 Å². The van der Waals surface area contributed by atoms with E-state index in [9.17, 15) is 15.2 Å². The van der Waals surface area contributed by atoms with Gasteiger partial charge in [-0.15, -0.1) is 0 Å². The minimum atomic E-state index is -0.750. The monoisotopic (exact) mass is 541 g/mol. The van der Waals surface area contributed by atoms with Crippen LogP contribution in [0, 0.1) is 17.2 Å². The maximum atomic E-state index is 11.5. The molecule has 196 valence electrons. The second-order valence-electron chi connectivity index (χ2n) is 10.2. The van der Waals surface area contributed by atoms with E-state index in [0.717, 1.165) is 41.6 Å². The van der Waals surface area contributed by atoms with Gasteiger partial charge in [0.05, 0.1) is 16.5 Å². The zero-order valence-electron chi connectivity index (χ0n) is 20.9. The summed E-state index contributed by atoms with van der Waals surface area (Å²) in [5.41, 5.74) is 5.88. The molecule has 39 heavy (non-hydrogen) atoms. The fraction of sp³-hybridized carbons (Fsp3) is 0.300. The number of benzene rings is 3. The van der Waals surface area contributed by atoms with Crippen LogP contribution < -0.4 is 9.47 Å². The van der Waals surface area contributed by atoms with Crippen LogP contribution >= 0.6 is 11.6 Å². The number of aromatic nitrogens is 1. The van der Waals surface area contributed by atoms with Crippen LogP contribution in [0.1, 0.15) is 35.6 Å². The number of rotatable bonds is 4. The number of ether oxygens (including phenoxy) is 2. The highest BCUT2D eigenvalue weighted by Gasteiger charge is 2.37. The molecule has 9 heteroatoms. The predicted molar refractivity (Wildman–Crippen MR) is 144 cm³/mol. The number of fused-ring (bicyclic) bond motifs is 3. The summed E-state index contributed by atoms with van der Waals surface area (Å²) in [5.74, 6) is 0.630. The van der Waals surface area contributed by atoms with E-state index >= 15 is 0 Å². The van der Waals surface area contributed by atoms with Crippen LogP contribution in [0.15, 0.2) is 46.9 Å². The zero-order chi connectivity index (χ0) is 26.7. The number of carbonyl (C=O) groups is 1. The van der Waals surface area contributed by atoms with E-state index in [1.807, 2.05) is 42.5 Å². The van der Waals surface area contributed by atoms with E-state index < -0.39 is 5.97 Å². The summed E-state index contributed by atoms with van der Waals surface area (Å²) in [5, 5.41) is 20.1. The van der Waals surface area contributed by atoms with E-state index in [2.05, 4.69) is 11.0 Å². The fourth-order valence-electron chi connectivity index (χ4n) is 6.14. The van der Waals surface area contributed by atoms with Crippen molar-refractivity contribution in [2.45, 2.75) is 25.3 Å². The number of halogens is 1. The lowest BCUT2D eigenvalue weighted by Crippen LogP contribution is -2.26. The summed E-state index contributed by atoms with van der Waals surface area (Å²) in [6, 6.07) is 15.8. The summed E-state index contributed by atoms with van der Waals surface area (Å²) in [4.78, 5) is 18.5. The second kappa shape index (κ2) is 9.30. The standard InChI is InChI=1S/C30H24ClN3O5/c31-27-18(16-4-7-25-26(12-16)38-11-10-37-25)2-1-3-20(27)29-33-23-13-21-19(22(14-32)28(23)39-29)5-6-24(21)34-9-8-17(15-34)30(35)36/h1-4,7,12-13,17,24H,5-6,8-11,15H2,(H,35,36). The molecule has 8 nitrogen and oxygen atoms in total. The van der Waals surface area contributed by atoms with Crippen LogP contribution in [0.5, 0.6) is 11.5 Å². The molecule has 1 aromatic heterocycles. The molecule has 0 bridgehead atoms. The van der Waals surface area contributed by atoms with E-state index in [0.29, 0.717) is 70.8 Å². The van der Waals surface area contributed by atoms with Gasteiger partial charge in [-0.2, -0.15) is 5.26 Å². The lowest BCUT2D eigenvalue weighted by Gasteiger charge is -2.24. The van der Waals surface area contributed by atoms with Crippen molar-refractivity contribution in [1.29, 1.82) is 5.26 Å². The van der Waals surface area contributed by atoms with E-state index in [1.54, 1.807) is 0 Å². The van der Waals surface area contributed by atoms with Crippen LogP contribution in [0.4, 0.5) is 0 Å². The molecule has 1 N–H and O–H groups in total. The van der Waals surface area contributed by atoms with Gasteiger partial charge in [-0.25, -0.2) is 4.98 Å². The molecular formula is C30H24ClN3O5. The van der Waals surface area contributed by atoms with Gasteiger partial charge in [0.2, 0.25) is 5.89 Å². The molecule has 3 heterocycles. The van der Waals surface area contributed by atoms with E-state index in [-0.39, 0.29) is 12.0 Å². The van der Waals surface area contributed by atoms with E-state index in [1.165, 1.54) is 0 Å². The molecule has 2 unspecified atom stereocenters. The highest BCUT2D eigenvalue weighted by molar-refractivity contribution is 6.36. The molecule has 0 radical (unpaired) electrons. The van der Waals surface area contributed by atoms with Crippen molar-refractivity contribution in [3.8, 4) is 40.1 Å². The Kier molecular flexibility index (Phi) is 5.72. The smallest absolute Gasteiger partial charge is 0.307 e. The number of aliphatic carboxylic acids is 1. The Morgan fingerprint density at radius 3 is 2.72 bits per heavy atom. The average molecular weight is 542 g/mol. The Morgan fingerprint density at radius 1 is 1.10 bits per heavy atom.